The van der Waals surface area contributed by atoms with Gasteiger partial charge in [0, 0.05) is 6.21 Å². The van der Waals surface area contributed by atoms with Crippen molar-refractivity contribution in [1.82, 2.24) is 0 Å². The van der Waals surface area contributed by atoms with Crippen LogP contribution >= 0.6 is 0 Å². The van der Waals surface area contributed by atoms with Gasteiger partial charge in [-0.25, -0.2) is 0 Å². The predicted molar refractivity (Wildman–Crippen MR) is 71.0 cm³/mol. The summed E-state index contributed by atoms with van der Waals surface area (Å²) in [6.07, 6.45) is 1.73. The third-order valence-corrected chi connectivity index (χ3v) is 2.73. The van der Waals surface area contributed by atoms with Crippen molar-refractivity contribution in [2.24, 2.45) is 4.99 Å². The van der Waals surface area contributed by atoms with Gasteiger partial charge in [-0.3, -0.25) is 4.99 Å². The number of ether oxygens (including phenoxy) is 2. The predicted octanol–water partition coefficient (Wildman–Crippen LogP) is 3.04. The second kappa shape index (κ2) is 4.83. The SMILES string of the molecule is N#Cc1cccc(N=Cc2ccc3c(c2)OCO3)c1. The normalized spacial score (nSPS) is 12.6. The van der Waals surface area contributed by atoms with E-state index in [-0.39, 0.29) is 6.79 Å². The molecule has 4 nitrogen and oxygen atoms in total. The molecule has 4 heteroatoms. The standard InChI is InChI=1S/C15H10N2O2/c16-8-11-2-1-3-13(6-11)17-9-12-4-5-14-15(7-12)19-10-18-14/h1-7,9H,10H2. The Morgan fingerprint density at radius 1 is 1.11 bits per heavy atom. The van der Waals surface area contributed by atoms with Crippen molar-refractivity contribution < 1.29 is 9.47 Å². The topological polar surface area (TPSA) is 54.6 Å². The largest absolute Gasteiger partial charge is 0.454 e. The molecule has 0 amide bonds. The van der Waals surface area contributed by atoms with Crippen LogP contribution in [0.15, 0.2) is 47.5 Å². The van der Waals surface area contributed by atoms with Crippen molar-refractivity contribution >= 4 is 11.9 Å². The van der Waals surface area contributed by atoms with Gasteiger partial charge < -0.3 is 9.47 Å². The zero-order chi connectivity index (χ0) is 13.1. The van der Waals surface area contributed by atoms with Crippen LogP contribution in [0.5, 0.6) is 11.5 Å². The molecule has 0 bridgehead atoms. The Labute approximate surface area is 110 Å². The fourth-order valence-electron chi connectivity index (χ4n) is 1.80. The Morgan fingerprint density at radius 2 is 2.00 bits per heavy atom. The Hall–Kier alpha value is -2.80. The van der Waals surface area contributed by atoms with Gasteiger partial charge in [0.1, 0.15) is 0 Å². The van der Waals surface area contributed by atoms with E-state index >= 15 is 0 Å². The van der Waals surface area contributed by atoms with Crippen molar-refractivity contribution in [2.45, 2.75) is 0 Å². The molecule has 0 atom stereocenters. The first-order valence-electron chi connectivity index (χ1n) is 5.79. The molecule has 1 aliphatic rings. The molecule has 2 aromatic rings. The molecule has 0 radical (unpaired) electrons. The highest BCUT2D eigenvalue weighted by atomic mass is 16.7. The maximum atomic E-state index is 8.82. The van der Waals surface area contributed by atoms with Crippen molar-refractivity contribution in [2.75, 3.05) is 6.79 Å². The van der Waals surface area contributed by atoms with E-state index in [4.69, 9.17) is 14.7 Å². The Bertz CT molecular complexity index is 687. The molecular weight excluding hydrogens is 240 g/mol. The summed E-state index contributed by atoms with van der Waals surface area (Å²) in [5, 5.41) is 8.82. The first kappa shape index (κ1) is 11.3. The Balaban J connectivity index is 1.84. The number of hydrogen-bond acceptors (Lipinski definition) is 4. The average Bonchev–Trinajstić information content (AvgIpc) is 2.93. The average molecular weight is 250 g/mol. The molecule has 1 heterocycles. The molecule has 0 spiro atoms. The monoisotopic (exact) mass is 250 g/mol. The summed E-state index contributed by atoms with van der Waals surface area (Å²) in [6, 6.07) is 14.9. The first-order valence-corrected chi connectivity index (χ1v) is 5.79. The van der Waals surface area contributed by atoms with E-state index in [1.54, 1.807) is 18.3 Å². The zero-order valence-corrected chi connectivity index (χ0v) is 10.0. The van der Waals surface area contributed by atoms with Crippen LogP contribution in [-0.4, -0.2) is 13.0 Å². The van der Waals surface area contributed by atoms with Crippen molar-refractivity contribution in [3.8, 4) is 17.6 Å². The molecule has 19 heavy (non-hydrogen) atoms. The van der Waals surface area contributed by atoms with Crippen molar-refractivity contribution in [3.63, 3.8) is 0 Å². The summed E-state index contributed by atoms with van der Waals surface area (Å²) in [4.78, 5) is 4.34. The van der Waals surface area contributed by atoms with Gasteiger partial charge in [0.2, 0.25) is 6.79 Å². The summed E-state index contributed by atoms with van der Waals surface area (Å²) in [5.74, 6) is 1.48. The van der Waals surface area contributed by atoms with Crippen LogP contribution in [0.25, 0.3) is 0 Å². The lowest BCUT2D eigenvalue weighted by molar-refractivity contribution is 0.174. The summed E-state index contributed by atoms with van der Waals surface area (Å²) in [6.45, 7) is 0.264. The van der Waals surface area contributed by atoms with Gasteiger partial charge in [-0.05, 0) is 42.0 Å². The molecule has 0 N–H and O–H groups in total. The minimum absolute atomic E-state index is 0.264. The van der Waals surface area contributed by atoms with Gasteiger partial charge in [-0.1, -0.05) is 6.07 Å². The number of rotatable bonds is 2. The fraction of sp³-hybridized carbons (Fsp3) is 0.0667. The molecule has 1 aliphatic heterocycles. The third kappa shape index (κ3) is 2.40. The van der Waals surface area contributed by atoms with Crippen LogP contribution in [0.4, 0.5) is 5.69 Å². The molecule has 0 unspecified atom stereocenters. The molecule has 0 saturated heterocycles. The van der Waals surface area contributed by atoms with E-state index in [2.05, 4.69) is 11.1 Å². The minimum Gasteiger partial charge on any atom is -0.454 e. The van der Waals surface area contributed by atoms with E-state index in [0.717, 1.165) is 22.7 Å². The summed E-state index contributed by atoms with van der Waals surface area (Å²) in [7, 11) is 0. The lowest BCUT2D eigenvalue weighted by Gasteiger charge is -1.98. The lowest BCUT2D eigenvalue weighted by Crippen LogP contribution is -1.92. The van der Waals surface area contributed by atoms with Crippen molar-refractivity contribution in [3.05, 3.63) is 53.6 Å². The second-order valence-corrected chi connectivity index (χ2v) is 4.03. The highest BCUT2D eigenvalue weighted by Gasteiger charge is 2.12. The summed E-state index contributed by atoms with van der Waals surface area (Å²) in [5.41, 5.74) is 2.27. The van der Waals surface area contributed by atoms with Crippen LogP contribution in [0.2, 0.25) is 0 Å². The van der Waals surface area contributed by atoms with Crippen LogP contribution < -0.4 is 9.47 Å². The van der Waals surface area contributed by atoms with E-state index in [1.807, 2.05) is 30.3 Å². The maximum Gasteiger partial charge on any atom is 0.231 e. The number of benzene rings is 2. The quantitative estimate of drug-likeness (QED) is 0.770. The van der Waals surface area contributed by atoms with Crippen LogP contribution in [0.3, 0.4) is 0 Å². The molecule has 0 saturated carbocycles. The zero-order valence-electron chi connectivity index (χ0n) is 10.0. The summed E-state index contributed by atoms with van der Waals surface area (Å²) >= 11 is 0. The number of nitrogens with zero attached hydrogens (tertiary/aromatic N) is 2. The van der Waals surface area contributed by atoms with E-state index in [1.165, 1.54) is 0 Å². The van der Waals surface area contributed by atoms with Gasteiger partial charge >= 0.3 is 0 Å². The van der Waals surface area contributed by atoms with Crippen molar-refractivity contribution in [1.29, 1.82) is 5.26 Å². The number of aliphatic imine (C=N–C) groups is 1. The Kier molecular flexibility index (Phi) is 2.87. The first-order chi connectivity index (χ1) is 9.35. The van der Waals surface area contributed by atoms with Crippen LogP contribution in [-0.2, 0) is 0 Å². The molecule has 2 aromatic carbocycles. The Morgan fingerprint density at radius 3 is 2.89 bits per heavy atom. The van der Waals surface area contributed by atoms with Gasteiger partial charge in [0.15, 0.2) is 11.5 Å². The van der Waals surface area contributed by atoms with E-state index in [9.17, 15) is 0 Å². The molecule has 0 aliphatic carbocycles. The second-order valence-electron chi connectivity index (χ2n) is 4.03. The lowest BCUT2D eigenvalue weighted by atomic mass is 10.2. The molecule has 92 valence electrons. The van der Waals surface area contributed by atoms with E-state index < -0.39 is 0 Å². The van der Waals surface area contributed by atoms with Gasteiger partial charge in [0.25, 0.3) is 0 Å². The molecule has 3 rings (SSSR count). The van der Waals surface area contributed by atoms with Crippen LogP contribution in [0, 0.1) is 11.3 Å². The van der Waals surface area contributed by atoms with Crippen LogP contribution in [0.1, 0.15) is 11.1 Å². The van der Waals surface area contributed by atoms with E-state index in [0.29, 0.717) is 5.56 Å². The molecular formula is C15H10N2O2. The third-order valence-electron chi connectivity index (χ3n) is 2.73. The fourth-order valence-corrected chi connectivity index (χ4v) is 1.80. The smallest absolute Gasteiger partial charge is 0.231 e. The molecule has 0 aromatic heterocycles. The number of fused-ring (bicyclic) bond motifs is 1. The highest BCUT2D eigenvalue weighted by Crippen LogP contribution is 2.32. The highest BCUT2D eigenvalue weighted by molar-refractivity contribution is 5.83. The van der Waals surface area contributed by atoms with Gasteiger partial charge in [-0.2, -0.15) is 5.26 Å². The summed E-state index contributed by atoms with van der Waals surface area (Å²) < 4.78 is 10.5. The van der Waals surface area contributed by atoms with Gasteiger partial charge in [0.05, 0.1) is 17.3 Å². The minimum atomic E-state index is 0.264. The van der Waals surface area contributed by atoms with Gasteiger partial charge in [-0.15, -0.1) is 0 Å². The molecule has 0 fully saturated rings. The maximum absolute atomic E-state index is 8.82. The number of hydrogen-bond donors (Lipinski definition) is 0. The number of nitriles is 1.